The van der Waals surface area contributed by atoms with Crippen LogP contribution in [0.3, 0.4) is 0 Å². The molecule has 0 amide bonds. The molecule has 0 radical (unpaired) electrons. The molecule has 0 bridgehead atoms. The van der Waals surface area contributed by atoms with E-state index in [0.29, 0.717) is 5.92 Å². The largest absolute Gasteiger partial charge is 0.363 e. The van der Waals surface area contributed by atoms with Crippen LogP contribution in [0, 0.1) is 0 Å². The normalized spacial score (nSPS) is 17.7. The lowest BCUT2D eigenvalue weighted by atomic mass is 9.97. The molecule has 3 rings (SSSR count). The van der Waals surface area contributed by atoms with Gasteiger partial charge in [-0.2, -0.15) is 4.98 Å². The predicted octanol–water partition coefficient (Wildman–Crippen LogP) is 2.07. The third-order valence-electron chi connectivity index (χ3n) is 4.91. The molecule has 2 aromatic rings. The lowest BCUT2D eigenvalue weighted by Crippen LogP contribution is -2.36. The van der Waals surface area contributed by atoms with Crippen molar-refractivity contribution in [2.45, 2.75) is 31.7 Å². The summed E-state index contributed by atoms with van der Waals surface area (Å²) in [7, 11) is 8.26. The number of hydrogen-bond acceptors (Lipinski definition) is 6. The Hall–Kier alpha value is -2.15. The van der Waals surface area contributed by atoms with Crippen LogP contribution in [0.5, 0.6) is 0 Å². The monoisotopic (exact) mass is 357 g/mol. The van der Waals surface area contributed by atoms with E-state index in [1.165, 1.54) is 12.2 Å². The van der Waals surface area contributed by atoms with Gasteiger partial charge < -0.3 is 19.3 Å². The highest BCUT2D eigenvalue weighted by molar-refractivity contribution is 5.43. The maximum Gasteiger partial charge on any atom is 0.227 e. The molecule has 7 nitrogen and oxygen atoms in total. The average molecular weight is 358 g/mol. The maximum atomic E-state index is 4.71. The molecule has 0 spiro atoms. The first-order valence-corrected chi connectivity index (χ1v) is 9.45. The Labute approximate surface area is 156 Å². The molecule has 1 fully saturated rings. The van der Waals surface area contributed by atoms with E-state index >= 15 is 0 Å². The van der Waals surface area contributed by atoms with Gasteiger partial charge in [0.25, 0.3) is 0 Å². The van der Waals surface area contributed by atoms with Gasteiger partial charge in [0.15, 0.2) is 0 Å². The standard InChI is InChI=1S/C19H31N7/c1-23(2)11-6-13-25-14-10-20-18(25)16-7-5-12-26(15-16)19-21-9-8-17(22-19)24(3)4/h8-10,14,16H,5-7,11-13,15H2,1-4H3. The Balaban J connectivity index is 1.69. The van der Waals surface area contributed by atoms with E-state index < -0.39 is 0 Å². The van der Waals surface area contributed by atoms with Gasteiger partial charge in [0.1, 0.15) is 11.6 Å². The van der Waals surface area contributed by atoms with Crippen molar-refractivity contribution in [3.63, 3.8) is 0 Å². The topological polar surface area (TPSA) is 53.3 Å². The van der Waals surface area contributed by atoms with Gasteiger partial charge in [0.05, 0.1) is 0 Å². The Morgan fingerprint density at radius 3 is 2.77 bits per heavy atom. The summed E-state index contributed by atoms with van der Waals surface area (Å²) < 4.78 is 2.33. The highest BCUT2D eigenvalue weighted by atomic mass is 15.3. The fourth-order valence-corrected chi connectivity index (χ4v) is 3.54. The average Bonchev–Trinajstić information content (AvgIpc) is 3.10. The van der Waals surface area contributed by atoms with Gasteiger partial charge in [-0.05, 0) is 46.0 Å². The van der Waals surface area contributed by atoms with E-state index in [1.807, 2.05) is 37.5 Å². The van der Waals surface area contributed by atoms with Crippen LogP contribution in [0.4, 0.5) is 11.8 Å². The van der Waals surface area contributed by atoms with Gasteiger partial charge in [-0.3, -0.25) is 0 Å². The van der Waals surface area contributed by atoms with Gasteiger partial charge in [-0.1, -0.05) is 0 Å². The number of aryl methyl sites for hydroxylation is 1. The number of nitrogens with zero attached hydrogens (tertiary/aromatic N) is 7. The van der Waals surface area contributed by atoms with Gasteiger partial charge in [0.2, 0.25) is 5.95 Å². The molecule has 26 heavy (non-hydrogen) atoms. The molecule has 0 saturated carbocycles. The van der Waals surface area contributed by atoms with E-state index in [0.717, 1.165) is 50.8 Å². The Morgan fingerprint density at radius 2 is 2.00 bits per heavy atom. The molecule has 3 heterocycles. The lowest BCUT2D eigenvalue weighted by Gasteiger charge is -2.33. The predicted molar refractivity (Wildman–Crippen MR) is 106 cm³/mol. The second kappa shape index (κ2) is 8.49. The van der Waals surface area contributed by atoms with Crippen molar-refractivity contribution in [1.29, 1.82) is 0 Å². The summed E-state index contributed by atoms with van der Waals surface area (Å²) in [5, 5.41) is 0. The molecule has 1 atom stereocenters. The zero-order valence-corrected chi connectivity index (χ0v) is 16.5. The zero-order chi connectivity index (χ0) is 18.5. The molecule has 0 N–H and O–H groups in total. The number of hydrogen-bond donors (Lipinski definition) is 0. The zero-order valence-electron chi connectivity index (χ0n) is 16.5. The molecule has 1 aliphatic rings. The van der Waals surface area contributed by atoms with Crippen LogP contribution in [0.2, 0.25) is 0 Å². The number of anilines is 2. The van der Waals surface area contributed by atoms with Crippen LogP contribution in [-0.2, 0) is 6.54 Å². The highest BCUT2D eigenvalue weighted by Crippen LogP contribution is 2.28. The van der Waals surface area contributed by atoms with Crippen molar-refractivity contribution in [3.8, 4) is 0 Å². The minimum absolute atomic E-state index is 0.435. The van der Waals surface area contributed by atoms with E-state index in [2.05, 4.69) is 44.6 Å². The molecule has 1 unspecified atom stereocenters. The van der Waals surface area contributed by atoms with Crippen LogP contribution in [-0.4, -0.2) is 72.2 Å². The van der Waals surface area contributed by atoms with Crippen molar-refractivity contribution in [2.24, 2.45) is 0 Å². The summed E-state index contributed by atoms with van der Waals surface area (Å²) in [5.41, 5.74) is 0. The first-order valence-electron chi connectivity index (χ1n) is 9.45. The number of piperidine rings is 1. The van der Waals surface area contributed by atoms with E-state index in [1.54, 1.807) is 0 Å². The van der Waals surface area contributed by atoms with E-state index in [-0.39, 0.29) is 0 Å². The summed E-state index contributed by atoms with van der Waals surface area (Å²) in [4.78, 5) is 20.5. The highest BCUT2D eigenvalue weighted by Gasteiger charge is 2.26. The van der Waals surface area contributed by atoms with Crippen molar-refractivity contribution in [3.05, 3.63) is 30.5 Å². The van der Waals surface area contributed by atoms with Crippen LogP contribution >= 0.6 is 0 Å². The van der Waals surface area contributed by atoms with Crippen molar-refractivity contribution >= 4 is 11.8 Å². The summed E-state index contributed by atoms with van der Waals surface area (Å²) >= 11 is 0. The number of rotatable bonds is 7. The smallest absolute Gasteiger partial charge is 0.227 e. The SMILES string of the molecule is CN(C)CCCn1ccnc1C1CCCN(c2nccc(N(C)C)n2)C1. The third-order valence-corrected chi connectivity index (χ3v) is 4.91. The molecule has 0 aromatic carbocycles. The first kappa shape index (κ1) is 18.6. The minimum atomic E-state index is 0.435. The Kier molecular flexibility index (Phi) is 6.08. The lowest BCUT2D eigenvalue weighted by molar-refractivity contribution is 0.380. The minimum Gasteiger partial charge on any atom is -0.363 e. The molecule has 1 saturated heterocycles. The maximum absolute atomic E-state index is 4.71. The molecular formula is C19H31N7. The summed E-state index contributed by atoms with van der Waals surface area (Å²) in [6, 6.07) is 1.95. The van der Waals surface area contributed by atoms with Gasteiger partial charge in [-0.25, -0.2) is 9.97 Å². The Bertz CT molecular complexity index is 695. The number of imidazole rings is 1. The summed E-state index contributed by atoms with van der Waals surface area (Å²) in [6.45, 7) is 4.06. The fourth-order valence-electron chi connectivity index (χ4n) is 3.54. The van der Waals surface area contributed by atoms with Crippen LogP contribution in [0.15, 0.2) is 24.7 Å². The second-order valence-electron chi connectivity index (χ2n) is 7.53. The number of aromatic nitrogens is 4. The van der Waals surface area contributed by atoms with Crippen LogP contribution < -0.4 is 9.80 Å². The van der Waals surface area contributed by atoms with Gasteiger partial charge in [0, 0.05) is 58.2 Å². The molecular weight excluding hydrogens is 326 g/mol. The Morgan fingerprint density at radius 1 is 1.15 bits per heavy atom. The molecule has 2 aromatic heterocycles. The quantitative estimate of drug-likeness (QED) is 0.756. The van der Waals surface area contributed by atoms with Crippen molar-refractivity contribution in [1.82, 2.24) is 24.4 Å². The van der Waals surface area contributed by atoms with Gasteiger partial charge in [-0.15, -0.1) is 0 Å². The fraction of sp³-hybridized carbons (Fsp3) is 0.632. The second-order valence-corrected chi connectivity index (χ2v) is 7.53. The van der Waals surface area contributed by atoms with Crippen LogP contribution in [0.1, 0.15) is 31.0 Å². The van der Waals surface area contributed by atoms with Crippen molar-refractivity contribution in [2.75, 3.05) is 57.6 Å². The summed E-state index contributed by atoms with van der Waals surface area (Å²) in [5.74, 6) is 3.41. The first-order chi connectivity index (χ1) is 12.5. The van der Waals surface area contributed by atoms with E-state index in [4.69, 9.17) is 4.98 Å². The van der Waals surface area contributed by atoms with E-state index in [9.17, 15) is 0 Å². The summed E-state index contributed by atoms with van der Waals surface area (Å²) in [6.07, 6.45) is 9.36. The van der Waals surface area contributed by atoms with Crippen molar-refractivity contribution < 1.29 is 0 Å². The van der Waals surface area contributed by atoms with Gasteiger partial charge >= 0.3 is 0 Å². The molecule has 7 heteroatoms. The third kappa shape index (κ3) is 4.52. The molecule has 1 aliphatic heterocycles. The van der Waals surface area contributed by atoms with Crippen LogP contribution in [0.25, 0.3) is 0 Å². The molecule has 142 valence electrons. The molecule has 0 aliphatic carbocycles.